The number of aliphatic carboxylic acids is 1. The van der Waals surface area contributed by atoms with Crippen LogP contribution in [-0.4, -0.2) is 16.1 Å². The molecule has 0 unspecified atom stereocenters. The molecular weight excluding hydrogens is 551 g/mol. The fourth-order valence-electron chi connectivity index (χ4n) is 5.46. The van der Waals surface area contributed by atoms with Gasteiger partial charge in [0.05, 0.1) is 17.5 Å². The number of benzene rings is 5. The van der Waals surface area contributed by atoms with Crippen LogP contribution in [0.4, 0.5) is 13.2 Å². The van der Waals surface area contributed by atoms with E-state index in [2.05, 4.69) is 4.98 Å². The summed E-state index contributed by atoms with van der Waals surface area (Å²) in [7, 11) is 0. The second kappa shape index (κ2) is 11.6. The van der Waals surface area contributed by atoms with Crippen LogP contribution in [0.3, 0.4) is 0 Å². The van der Waals surface area contributed by atoms with E-state index in [1.807, 2.05) is 84.9 Å². The number of halogens is 3. The van der Waals surface area contributed by atoms with E-state index >= 15 is 0 Å². The predicted molar refractivity (Wildman–Crippen MR) is 161 cm³/mol. The van der Waals surface area contributed by atoms with Gasteiger partial charge in [0.15, 0.2) is 0 Å². The first-order valence-corrected chi connectivity index (χ1v) is 13.7. The molecule has 0 aliphatic rings. The molecule has 214 valence electrons. The number of para-hydroxylation sites is 1. The number of carboxylic acids is 1. The van der Waals surface area contributed by atoms with E-state index in [1.54, 1.807) is 18.3 Å². The summed E-state index contributed by atoms with van der Waals surface area (Å²) in [6, 6.07) is 32.7. The zero-order valence-corrected chi connectivity index (χ0v) is 22.9. The molecule has 0 amide bonds. The van der Waals surface area contributed by atoms with E-state index < -0.39 is 17.7 Å². The van der Waals surface area contributed by atoms with Gasteiger partial charge in [-0.2, -0.15) is 13.2 Å². The van der Waals surface area contributed by atoms with Crippen LogP contribution in [0.5, 0.6) is 5.75 Å². The van der Waals surface area contributed by atoms with Crippen molar-refractivity contribution in [2.45, 2.75) is 25.6 Å². The second-order valence-electron chi connectivity index (χ2n) is 10.4. The summed E-state index contributed by atoms with van der Waals surface area (Å²) in [4.78, 5) is 15.5. The normalized spacial score (nSPS) is 11.6. The fraction of sp³-hybridized carbons (Fsp3) is 0.111. The lowest BCUT2D eigenvalue weighted by Gasteiger charge is -2.17. The van der Waals surface area contributed by atoms with E-state index in [-0.39, 0.29) is 18.5 Å². The Balaban J connectivity index is 1.39. The van der Waals surface area contributed by atoms with Gasteiger partial charge in [0, 0.05) is 17.0 Å². The standard InChI is InChI=1S/C36H26F3NO3/c37-36(38,39)31-13-6-12-29-34(28(21-40-35(29)31)17-23-7-2-1-3-8-23)27-11-4-9-25(18-27)22-43-32-14-5-10-26-16-15-24(19-30(26)32)20-33(41)42/h1-16,18-19,21H,17,20,22H2,(H,41,42). The molecule has 0 saturated heterocycles. The van der Waals surface area contributed by atoms with Gasteiger partial charge in [0.2, 0.25) is 0 Å². The van der Waals surface area contributed by atoms with Crippen molar-refractivity contribution in [2.75, 3.05) is 0 Å². The third-order valence-electron chi connectivity index (χ3n) is 7.39. The molecule has 4 nitrogen and oxygen atoms in total. The summed E-state index contributed by atoms with van der Waals surface area (Å²) in [5, 5.41) is 11.4. The largest absolute Gasteiger partial charge is 0.488 e. The Labute approximate surface area is 246 Å². The molecular formula is C36H26F3NO3. The van der Waals surface area contributed by atoms with Crippen LogP contribution in [0.2, 0.25) is 0 Å². The summed E-state index contributed by atoms with van der Waals surface area (Å²) in [5.41, 5.74) is 3.95. The molecule has 5 aromatic carbocycles. The maximum Gasteiger partial charge on any atom is 0.418 e. The minimum absolute atomic E-state index is 0.0867. The van der Waals surface area contributed by atoms with E-state index in [0.29, 0.717) is 28.7 Å². The molecule has 6 aromatic rings. The first kappa shape index (κ1) is 28.0. The van der Waals surface area contributed by atoms with E-state index in [1.165, 1.54) is 6.07 Å². The Bertz CT molecular complexity index is 1950. The van der Waals surface area contributed by atoms with Crippen molar-refractivity contribution in [3.05, 3.63) is 143 Å². The lowest BCUT2D eigenvalue weighted by Crippen LogP contribution is -2.07. The summed E-state index contributed by atoms with van der Waals surface area (Å²) >= 11 is 0. The number of nitrogens with zero attached hydrogens (tertiary/aromatic N) is 1. The molecule has 0 aliphatic heterocycles. The van der Waals surface area contributed by atoms with Crippen LogP contribution in [-0.2, 0) is 30.4 Å². The van der Waals surface area contributed by atoms with E-state index in [0.717, 1.165) is 39.1 Å². The van der Waals surface area contributed by atoms with Crippen LogP contribution >= 0.6 is 0 Å². The van der Waals surface area contributed by atoms with Gasteiger partial charge in [-0.3, -0.25) is 9.78 Å². The number of rotatable bonds is 8. The Kier molecular flexibility index (Phi) is 7.55. The van der Waals surface area contributed by atoms with Gasteiger partial charge in [0.25, 0.3) is 0 Å². The lowest BCUT2D eigenvalue weighted by atomic mass is 9.91. The summed E-state index contributed by atoms with van der Waals surface area (Å²) in [6.07, 6.45) is -2.57. The third kappa shape index (κ3) is 6.06. The number of carbonyl (C=O) groups is 1. The molecule has 1 heterocycles. The number of hydrogen-bond acceptors (Lipinski definition) is 3. The van der Waals surface area contributed by atoms with Gasteiger partial charge in [-0.15, -0.1) is 0 Å². The lowest BCUT2D eigenvalue weighted by molar-refractivity contribution is -0.137. The van der Waals surface area contributed by atoms with Gasteiger partial charge >= 0.3 is 12.1 Å². The molecule has 7 heteroatoms. The van der Waals surface area contributed by atoms with Crippen LogP contribution in [0.1, 0.15) is 27.8 Å². The first-order valence-electron chi connectivity index (χ1n) is 13.7. The van der Waals surface area contributed by atoms with Gasteiger partial charge in [-0.1, -0.05) is 84.9 Å². The molecule has 6 rings (SSSR count). The van der Waals surface area contributed by atoms with Crippen LogP contribution in [0.15, 0.2) is 115 Å². The average Bonchev–Trinajstić information content (AvgIpc) is 2.99. The van der Waals surface area contributed by atoms with Gasteiger partial charge < -0.3 is 9.84 Å². The van der Waals surface area contributed by atoms with Crippen LogP contribution in [0, 0.1) is 0 Å². The Morgan fingerprint density at radius 2 is 1.53 bits per heavy atom. The summed E-state index contributed by atoms with van der Waals surface area (Å²) in [5.74, 6) is -0.295. The topological polar surface area (TPSA) is 59.4 Å². The Hall–Kier alpha value is -5.17. The third-order valence-corrected chi connectivity index (χ3v) is 7.39. The minimum atomic E-state index is -4.54. The average molecular weight is 578 g/mol. The van der Waals surface area contributed by atoms with E-state index in [9.17, 15) is 23.1 Å². The number of pyridine rings is 1. The van der Waals surface area contributed by atoms with Crippen molar-refractivity contribution in [2.24, 2.45) is 0 Å². The molecule has 43 heavy (non-hydrogen) atoms. The van der Waals surface area contributed by atoms with Crippen molar-refractivity contribution < 1.29 is 27.8 Å². The van der Waals surface area contributed by atoms with Crippen molar-refractivity contribution in [3.63, 3.8) is 0 Å². The SMILES string of the molecule is O=C(O)Cc1ccc2cccc(OCc3cccc(-c4c(Cc5ccccc5)cnc5c(C(F)(F)F)cccc45)c3)c2c1. The first-order chi connectivity index (χ1) is 20.8. The van der Waals surface area contributed by atoms with Crippen molar-refractivity contribution in [1.29, 1.82) is 0 Å². The zero-order chi connectivity index (χ0) is 30.0. The van der Waals surface area contributed by atoms with Gasteiger partial charge in [-0.05, 0) is 69.5 Å². The highest BCUT2D eigenvalue weighted by Crippen LogP contribution is 2.39. The maximum atomic E-state index is 13.9. The highest BCUT2D eigenvalue weighted by atomic mass is 19.4. The fourth-order valence-corrected chi connectivity index (χ4v) is 5.46. The van der Waals surface area contributed by atoms with Crippen molar-refractivity contribution >= 4 is 27.6 Å². The highest BCUT2D eigenvalue weighted by molar-refractivity contribution is 5.98. The number of carboxylic acid groups (broad SMARTS) is 1. The number of ether oxygens (including phenoxy) is 1. The quantitative estimate of drug-likeness (QED) is 0.196. The Morgan fingerprint density at radius 3 is 2.33 bits per heavy atom. The predicted octanol–water partition coefficient (Wildman–Crippen LogP) is 8.87. The number of fused-ring (bicyclic) bond motifs is 2. The highest BCUT2D eigenvalue weighted by Gasteiger charge is 2.33. The molecule has 0 fully saturated rings. The number of alkyl halides is 3. The Morgan fingerprint density at radius 1 is 0.767 bits per heavy atom. The van der Waals surface area contributed by atoms with Crippen molar-refractivity contribution in [1.82, 2.24) is 4.98 Å². The molecule has 0 radical (unpaired) electrons. The molecule has 0 spiro atoms. The monoisotopic (exact) mass is 577 g/mol. The molecule has 0 bridgehead atoms. The van der Waals surface area contributed by atoms with Crippen LogP contribution < -0.4 is 4.74 Å². The molecule has 0 aliphatic carbocycles. The molecule has 0 saturated carbocycles. The smallest absolute Gasteiger partial charge is 0.418 e. The molecule has 1 N–H and O–H groups in total. The summed E-state index contributed by atoms with van der Waals surface area (Å²) < 4.78 is 48.0. The number of aromatic nitrogens is 1. The molecule has 0 atom stereocenters. The summed E-state index contributed by atoms with van der Waals surface area (Å²) in [6.45, 7) is 0.209. The second-order valence-corrected chi connectivity index (χ2v) is 10.4. The molecule has 1 aromatic heterocycles. The van der Waals surface area contributed by atoms with E-state index in [4.69, 9.17) is 4.74 Å². The van der Waals surface area contributed by atoms with Crippen LogP contribution in [0.25, 0.3) is 32.8 Å². The van der Waals surface area contributed by atoms with Crippen molar-refractivity contribution in [3.8, 4) is 16.9 Å². The minimum Gasteiger partial charge on any atom is -0.488 e. The maximum absolute atomic E-state index is 13.9. The van der Waals surface area contributed by atoms with Gasteiger partial charge in [-0.25, -0.2) is 0 Å². The van der Waals surface area contributed by atoms with Gasteiger partial charge in [0.1, 0.15) is 12.4 Å². The number of hydrogen-bond donors (Lipinski definition) is 1. The zero-order valence-electron chi connectivity index (χ0n) is 22.9.